The zero-order valence-electron chi connectivity index (χ0n) is 10.1. The van der Waals surface area contributed by atoms with E-state index in [1.54, 1.807) is 13.8 Å². The molecule has 1 aromatic rings. The van der Waals surface area contributed by atoms with Crippen LogP contribution in [0.25, 0.3) is 0 Å². The van der Waals surface area contributed by atoms with E-state index in [1.165, 1.54) is 24.3 Å². The molecule has 0 aromatic heterocycles. The Morgan fingerprint density at radius 3 is 2.05 bits per heavy atom. The van der Waals surface area contributed by atoms with Gasteiger partial charge in [0.1, 0.15) is 5.75 Å². The molecule has 0 aliphatic carbocycles. The molecule has 0 spiro atoms. The Morgan fingerprint density at radius 1 is 1.21 bits per heavy atom. The van der Waals surface area contributed by atoms with Gasteiger partial charge in [-0.1, -0.05) is 0 Å². The Bertz CT molecular complexity index is 446. The van der Waals surface area contributed by atoms with Crippen molar-refractivity contribution in [3.8, 4) is 5.75 Å². The van der Waals surface area contributed by atoms with Crippen LogP contribution in [0.15, 0.2) is 24.3 Å². The van der Waals surface area contributed by atoms with Gasteiger partial charge in [-0.2, -0.15) is 0 Å². The molecule has 0 atom stereocenters. The van der Waals surface area contributed by atoms with Crippen LogP contribution in [-0.2, 0) is 20.9 Å². The standard InChI is InChI=1S/C10H14NO5PS.Na.H/c1-3-14-17(18,15-4-2)16-10-7-5-9(6-8-10)11(12)13;;/h5-8H,3-4H2,1-2H3;;. The summed E-state index contributed by atoms with van der Waals surface area (Å²) >= 11 is 5.18. The van der Waals surface area contributed by atoms with Crippen LogP contribution < -0.4 is 4.52 Å². The molecule has 9 heteroatoms. The Morgan fingerprint density at radius 2 is 1.68 bits per heavy atom. The Labute approximate surface area is 139 Å². The van der Waals surface area contributed by atoms with Gasteiger partial charge in [0.25, 0.3) is 5.69 Å². The minimum atomic E-state index is -2.82. The molecule has 0 saturated carbocycles. The van der Waals surface area contributed by atoms with Crippen molar-refractivity contribution in [3.63, 3.8) is 0 Å². The zero-order chi connectivity index (χ0) is 13.6. The fourth-order valence-electron chi connectivity index (χ4n) is 1.16. The summed E-state index contributed by atoms with van der Waals surface area (Å²) in [5, 5.41) is 10.5. The molecule has 0 saturated heterocycles. The third-order valence-corrected chi connectivity index (χ3v) is 4.28. The fourth-order valence-corrected chi connectivity index (χ4v) is 3.25. The molecule has 0 aliphatic heterocycles. The Balaban J connectivity index is 0.00000324. The monoisotopic (exact) mass is 315 g/mol. The topological polar surface area (TPSA) is 70.8 Å². The van der Waals surface area contributed by atoms with Crippen LogP contribution in [0.1, 0.15) is 13.8 Å². The predicted octanol–water partition coefficient (Wildman–Crippen LogP) is 2.62. The van der Waals surface area contributed by atoms with Crippen molar-refractivity contribution in [2.45, 2.75) is 13.8 Å². The van der Waals surface area contributed by atoms with Crippen molar-refractivity contribution in [2.24, 2.45) is 0 Å². The fraction of sp³-hybridized carbons (Fsp3) is 0.400. The number of non-ortho nitro benzene ring substituents is 1. The van der Waals surface area contributed by atoms with Crippen LogP contribution in [0.5, 0.6) is 5.75 Å². The normalized spacial score (nSPS) is 10.6. The van der Waals surface area contributed by atoms with Gasteiger partial charge in [-0.15, -0.1) is 0 Å². The molecule has 0 radical (unpaired) electrons. The number of nitro benzene ring substituents is 1. The van der Waals surface area contributed by atoms with Crippen LogP contribution in [0, 0.1) is 10.1 Å². The van der Waals surface area contributed by atoms with Crippen LogP contribution >= 0.6 is 6.72 Å². The second-order valence-corrected chi connectivity index (χ2v) is 6.06. The number of nitro groups is 1. The Hall–Kier alpha value is -0.0100. The third-order valence-electron chi connectivity index (χ3n) is 1.84. The van der Waals surface area contributed by atoms with Crippen LogP contribution in [-0.4, -0.2) is 47.7 Å². The molecule has 6 nitrogen and oxygen atoms in total. The minimum absolute atomic E-state index is 0. The van der Waals surface area contributed by atoms with Gasteiger partial charge in [0.15, 0.2) is 0 Å². The van der Waals surface area contributed by atoms with E-state index in [2.05, 4.69) is 0 Å². The van der Waals surface area contributed by atoms with E-state index in [0.29, 0.717) is 19.0 Å². The molecule has 1 aromatic carbocycles. The van der Waals surface area contributed by atoms with Crippen LogP contribution in [0.4, 0.5) is 5.69 Å². The summed E-state index contributed by atoms with van der Waals surface area (Å²) in [6, 6.07) is 5.62. The van der Waals surface area contributed by atoms with Gasteiger partial charge in [0.05, 0.1) is 18.1 Å². The van der Waals surface area contributed by atoms with Crippen molar-refractivity contribution in [3.05, 3.63) is 34.4 Å². The number of nitrogens with zero attached hydrogens (tertiary/aromatic N) is 1. The number of hydrogen-bond donors (Lipinski definition) is 0. The molecule has 102 valence electrons. The van der Waals surface area contributed by atoms with Crippen molar-refractivity contribution in [1.29, 1.82) is 0 Å². The van der Waals surface area contributed by atoms with E-state index in [0.717, 1.165) is 0 Å². The van der Waals surface area contributed by atoms with Gasteiger partial charge in [-0.3, -0.25) is 19.2 Å². The summed E-state index contributed by atoms with van der Waals surface area (Å²) in [5.74, 6) is 0.394. The maximum absolute atomic E-state index is 10.5. The molecule has 0 unspecified atom stereocenters. The van der Waals surface area contributed by atoms with Crippen molar-refractivity contribution >= 4 is 53.8 Å². The van der Waals surface area contributed by atoms with Gasteiger partial charge in [-0.25, -0.2) is 0 Å². The number of hydrogen-bond acceptors (Lipinski definition) is 6. The maximum atomic E-state index is 10.5. The number of benzene rings is 1. The molecule has 1 rings (SSSR count). The molecule has 0 bridgehead atoms. The summed E-state index contributed by atoms with van der Waals surface area (Å²) in [6.45, 7) is 1.52. The molecule has 0 fully saturated rings. The first-order chi connectivity index (χ1) is 8.50. The van der Waals surface area contributed by atoms with E-state index in [4.69, 9.17) is 25.4 Å². The van der Waals surface area contributed by atoms with Gasteiger partial charge < -0.3 is 4.52 Å². The van der Waals surface area contributed by atoms with E-state index in [1.807, 2.05) is 0 Å². The first kappa shape index (κ1) is 19.0. The first-order valence-corrected chi connectivity index (χ1v) is 7.89. The van der Waals surface area contributed by atoms with Gasteiger partial charge in [0, 0.05) is 23.9 Å². The second kappa shape index (κ2) is 9.02. The average molecular weight is 315 g/mol. The molecular formula is C10H15NNaO5PS. The summed E-state index contributed by atoms with van der Waals surface area (Å²) in [7, 11) is 0. The summed E-state index contributed by atoms with van der Waals surface area (Å²) in [6.07, 6.45) is 0. The van der Waals surface area contributed by atoms with Gasteiger partial charge in [0.2, 0.25) is 0 Å². The van der Waals surface area contributed by atoms with Gasteiger partial charge >= 0.3 is 36.3 Å². The van der Waals surface area contributed by atoms with Crippen LogP contribution in [0.3, 0.4) is 0 Å². The zero-order valence-corrected chi connectivity index (χ0v) is 11.8. The summed E-state index contributed by atoms with van der Waals surface area (Å²) < 4.78 is 16.1. The van der Waals surface area contributed by atoms with E-state index in [9.17, 15) is 10.1 Å². The van der Waals surface area contributed by atoms with Crippen molar-refractivity contribution < 1.29 is 18.5 Å². The Kier molecular flexibility index (Phi) is 9.02. The second-order valence-electron chi connectivity index (χ2n) is 3.13. The molecular weight excluding hydrogens is 300 g/mol. The number of rotatable bonds is 7. The van der Waals surface area contributed by atoms with E-state index in [-0.39, 0.29) is 35.2 Å². The quantitative estimate of drug-likeness (QED) is 0.333. The SMILES string of the molecule is CCOP(=S)(OCC)Oc1ccc([N+](=O)[O-])cc1.[NaH]. The molecule has 0 N–H and O–H groups in total. The van der Waals surface area contributed by atoms with E-state index >= 15 is 0 Å². The average Bonchev–Trinajstić information content (AvgIpc) is 2.30. The predicted molar refractivity (Wildman–Crippen MR) is 78.4 cm³/mol. The summed E-state index contributed by atoms with van der Waals surface area (Å²) in [4.78, 5) is 10.0. The third kappa shape index (κ3) is 6.31. The summed E-state index contributed by atoms with van der Waals surface area (Å²) in [5.41, 5.74) is -0.0107. The molecule has 0 aliphatic rings. The van der Waals surface area contributed by atoms with Crippen molar-refractivity contribution in [2.75, 3.05) is 13.2 Å². The van der Waals surface area contributed by atoms with Crippen LogP contribution in [0.2, 0.25) is 0 Å². The first-order valence-electron chi connectivity index (χ1n) is 5.34. The molecule has 0 amide bonds. The molecule has 19 heavy (non-hydrogen) atoms. The van der Waals surface area contributed by atoms with Gasteiger partial charge in [-0.05, 0) is 26.0 Å². The molecule has 0 heterocycles. The van der Waals surface area contributed by atoms with Crippen molar-refractivity contribution in [1.82, 2.24) is 0 Å². The van der Waals surface area contributed by atoms with E-state index < -0.39 is 11.6 Å².